The Labute approximate surface area is 103 Å². The lowest BCUT2D eigenvalue weighted by atomic mass is 10.2. The van der Waals surface area contributed by atoms with Crippen molar-refractivity contribution in [3.8, 4) is 0 Å². The molecule has 0 saturated carbocycles. The molecule has 0 aliphatic carbocycles. The molecule has 3 atom stereocenters. The topological polar surface area (TPSA) is 80.4 Å². The van der Waals surface area contributed by atoms with Crippen LogP contribution in [0, 0.1) is 0 Å². The molecule has 3 rings (SSSR count). The molecule has 3 heterocycles. The highest BCUT2D eigenvalue weighted by molar-refractivity contribution is 7.99. The van der Waals surface area contributed by atoms with Crippen LogP contribution >= 0.6 is 11.8 Å². The zero-order valence-electron chi connectivity index (χ0n) is 9.33. The predicted octanol–water partition coefficient (Wildman–Crippen LogP) is 0.269. The molecule has 94 valence electrons. The molecule has 1 aromatic rings. The van der Waals surface area contributed by atoms with Crippen LogP contribution in [0.15, 0.2) is 4.52 Å². The Bertz CT molecular complexity index is 361. The Hall–Kier alpha value is -0.630. The Morgan fingerprint density at radius 2 is 2.41 bits per heavy atom. The highest BCUT2D eigenvalue weighted by Gasteiger charge is 2.30. The van der Waals surface area contributed by atoms with E-state index in [4.69, 9.17) is 9.26 Å². The lowest BCUT2D eigenvalue weighted by Gasteiger charge is -2.18. The quantitative estimate of drug-likeness (QED) is 0.787. The van der Waals surface area contributed by atoms with Gasteiger partial charge in [0.1, 0.15) is 6.10 Å². The Morgan fingerprint density at radius 1 is 1.47 bits per heavy atom. The fourth-order valence-electron chi connectivity index (χ4n) is 2.06. The van der Waals surface area contributed by atoms with Crippen LogP contribution in [0.25, 0.3) is 0 Å². The van der Waals surface area contributed by atoms with Crippen molar-refractivity contribution in [2.45, 2.75) is 24.7 Å². The lowest BCUT2D eigenvalue weighted by molar-refractivity contribution is 0.0677. The normalized spacial score (nSPS) is 34.1. The first-order valence-corrected chi connectivity index (χ1v) is 6.92. The maximum Gasteiger partial charge on any atom is 0.243 e. The van der Waals surface area contributed by atoms with Gasteiger partial charge >= 0.3 is 0 Å². The molecule has 2 saturated heterocycles. The first-order valence-electron chi connectivity index (χ1n) is 5.77. The Morgan fingerprint density at radius 3 is 3.12 bits per heavy atom. The highest BCUT2D eigenvalue weighted by Crippen LogP contribution is 2.27. The van der Waals surface area contributed by atoms with Crippen molar-refractivity contribution >= 4 is 11.8 Å². The van der Waals surface area contributed by atoms with E-state index in [9.17, 15) is 5.11 Å². The van der Waals surface area contributed by atoms with Gasteiger partial charge in [-0.1, -0.05) is 5.16 Å². The molecule has 0 spiro atoms. The molecule has 2 N–H and O–H groups in total. The lowest BCUT2D eigenvalue weighted by Crippen LogP contribution is -2.17. The molecule has 0 bridgehead atoms. The first-order chi connectivity index (χ1) is 8.33. The van der Waals surface area contributed by atoms with Crippen LogP contribution in [0.3, 0.4) is 0 Å². The number of ether oxygens (including phenoxy) is 1. The van der Waals surface area contributed by atoms with Crippen molar-refractivity contribution < 1.29 is 14.4 Å². The van der Waals surface area contributed by atoms with Crippen LogP contribution < -0.4 is 5.32 Å². The number of hydrogen-bond acceptors (Lipinski definition) is 7. The average Bonchev–Trinajstić information content (AvgIpc) is 2.98. The fraction of sp³-hybridized carbons (Fsp3) is 0.800. The van der Waals surface area contributed by atoms with Crippen molar-refractivity contribution in [3.05, 3.63) is 11.7 Å². The molecule has 6 nitrogen and oxygen atoms in total. The molecular weight excluding hydrogens is 242 g/mol. The summed E-state index contributed by atoms with van der Waals surface area (Å²) in [6.45, 7) is 1.32. The van der Waals surface area contributed by atoms with Gasteiger partial charge in [0.25, 0.3) is 0 Å². The van der Waals surface area contributed by atoms with Gasteiger partial charge in [0, 0.05) is 18.1 Å². The van der Waals surface area contributed by atoms with E-state index in [-0.39, 0.29) is 18.2 Å². The molecule has 2 aliphatic heterocycles. The predicted molar refractivity (Wildman–Crippen MR) is 61.7 cm³/mol. The van der Waals surface area contributed by atoms with E-state index in [2.05, 4.69) is 15.5 Å². The third-order valence-corrected chi connectivity index (χ3v) is 3.96. The maximum atomic E-state index is 9.44. The van der Waals surface area contributed by atoms with Crippen LogP contribution in [-0.2, 0) is 4.74 Å². The van der Waals surface area contributed by atoms with Crippen molar-refractivity contribution in [2.75, 3.05) is 24.7 Å². The smallest absolute Gasteiger partial charge is 0.243 e. The van der Waals surface area contributed by atoms with Gasteiger partial charge in [-0.25, -0.2) is 0 Å². The summed E-state index contributed by atoms with van der Waals surface area (Å²) in [4.78, 5) is 4.36. The number of thioether (sulfide) groups is 1. The third-order valence-electron chi connectivity index (χ3n) is 2.97. The molecule has 2 fully saturated rings. The second kappa shape index (κ2) is 4.93. The van der Waals surface area contributed by atoms with Gasteiger partial charge in [0.2, 0.25) is 11.7 Å². The minimum absolute atomic E-state index is 0.0255. The Balaban J connectivity index is 1.69. The van der Waals surface area contributed by atoms with Crippen molar-refractivity contribution in [1.82, 2.24) is 15.5 Å². The zero-order valence-corrected chi connectivity index (χ0v) is 10.2. The molecule has 7 heteroatoms. The summed E-state index contributed by atoms with van der Waals surface area (Å²) in [7, 11) is 0. The molecule has 1 aromatic heterocycles. The van der Waals surface area contributed by atoms with Gasteiger partial charge in [-0.2, -0.15) is 16.7 Å². The number of aliphatic hydroxyl groups is 1. The fourth-order valence-corrected chi connectivity index (χ4v) is 2.90. The van der Waals surface area contributed by atoms with E-state index in [1.807, 2.05) is 11.8 Å². The van der Waals surface area contributed by atoms with E-state index in [0.717, 1.165) is 18.1 Å². The summed E-state index contributed by atoms with van der Waals surface area (Å²) >= 11 is 1.84. The minimum Gasteiger partial charge on any atom is -0.392 e. The highest BCUT2D eigenvalue weighted by atomic mass is 32.2. The van der Waals surface area contributed by atoms with Gasteiger partial charge in [-0.3, -0.25) is 0 Å². The third kappa shape index (κ3) is 2.47. The van der Waals surface area contributed by atoms with E-state index in [1.165, 1.54) is 0 Å². The van der Waals surface area contributed by atoms with Gasteiger partial charge in [-0.05, 0) is 6.42 Å². The van der Waals surface area contributed by atoms with Gasteiger partial charge < -0.3 is 19.7 Å². The van der Waals surface area contributed by atoms with Crippen LogP contribution in [0.5, 0.6) is 0 Å². The molecule has 0 aromatic carbocycles. The van der Waals surface area contributed by atoms with Crippen molar-refractivity contribution in [2.24, 2.45) is 0 Å². The SMILES string of the molecule is O[C@H]1CN[C@@H](c2nc(C3CSCCO3)no2)C1. The number of aromatic nitrogens is 2. The van der Waals surface area contributed by atoms with Crippen molar-refractivity contribution in [3.63, 3.8) is 0 Å². The summed E-state index contributed by atoms with van der Waals surface area (Å²) < 4.78 is 10.8. The largest absolute Gasteiger partial charge is 0.392 e. The van der Waals surface area contributed by atoms with Crippen molar-refractivity contribution in [1.29, 1.82) is 0 Å². The molecular formula is C10H15N3O3S. The number of nitrogens with one attached hydrogen (secondary N) is 1. The number of nitrogens with zero attached hydrogens (tertiary/aromatic N) is 2. The second-order valence-electron chi connectivity index (χ2n) is 4.28. The molecule has 17 heavy (non-hydrogen) atoms. The first kappa shape index (κ1) is 11.5. The molecule has 0 amide bonds. The average molecular weight is 257 g/mol. The maximum absolute atomic E-state index is 9.44. The summed E-state index contributed by atoms with van der Waals surface area (Å²) in [5.41, 5.74) is 0. The summed E-state index contributed by atoms with van der Waals surface area (Å²) in [6, 6.07) is -0.0255. The summed E-state index contributed by atoms with van der Waals surface area (Å²) in [5.74, 6) is 3.07. The minimum atomic E-state index is -0.322. The number of hydrogen-bond donors (Lipinski definition) is 2. The van der Waals surface area contributed by atoms with Crippen LogP contribution in [-0.4, -0.2) is 46.0 Å². The second-order valence-corrected chi connectivity index (χ2v) is 5.43. The standard InChI is InChI=1S/C10H15N3O3S/c14-6-3-7(11-4-6)10-12-9(13-16-10)8-5-17-2-1-15-8/h6-8,11,14H,1-5H2/t6-,7-,8?/m1/s1. The molecule has 1 unspecified atom stereocenters. The summed E-state index contributed by atoms with van der Waals surface area (Å²) in [6.07, 6.45) is 0.247. The van der Waals surface area contributed by atoms with Crippen LogP contribution in [0.1, 0.15) is 30.3 Å². The van der Waals surface area contributed by atoms with Crippen LogP contribution in [0.4, 0.5) is 0 Å². The van der Waals surface area contributed by atoms with E-state index in [0.29, 0.717) is 24.7 Å². The van der Waals surface area contributed by atoms with E-state index in [1.54, 1.807) is 0 Å². The monoisotopic (exact) mass is 257 g/mol. The Kier molecular flexibility index (Phi) is 3.32. The summed E-state index contributed by atoms with van der Waals surface area (Å²) in [5, 5.41) is 16.5. The number of aliphatic hydroxyl groups excluding tert-OH is 1. The number of rotatable bonds is 2. The van der Waals surface area contributed by atoms with E-state index < -0.39 is 0 Å². The van der Waals surface area contributed by atoms with E-state index >= 15 is 0 Å². The number of β-amino-alcohol motifs (C(OH)–C–C–N with tert-alkyl or cyclic N) is 1. The molecule has 0 radical (unpaired) electrons. The van der Waals surface area contributed by atoms with Gasteiger partial charge in [-0.15, -0.1) is 0 Å². The van der Waals surface area contributed by atoms with Crippen LogP contribution in [0.2, 0.25) is 0 Å². The van der Waals surface area contributed by atoms with Gasteiger partial charge in [0.05, 0.1) is 18.8 Å². The van der Waals surface area contributed by atoms with Gasteiger partial charge in [0.15, 0.2) is 0 Å². The zero-order chi connectivity index (χ0) is 11.7. The molecule has 2 aliphatic rings.